The summed E-state index contributed by atoms with van der Waals surface area (Å²) in [5.74, 6) is -12.7. The van der Waals surface area contributed by atoms with Crippen LogP contribution in [0.1, 0.15) is 19.3 Å². The number of hydrogen-bond donors (Lipinski definition) is 7. The first kappa shape index (κ1) is 22.7. The highest BCUT2D eigenvalue weighted by Gasteiger charge is 2.54. The van der Waals surface area contributed by atoms with Gasteiger partial charge in [0.05, 0.1) is 19.3 Å². The SMILES string of the molecule is O=C(O)CC(CC(=O)O)(OC(=O)C(O)C(O)(CC(=O)O)C(=O)O)C(=O)O. The van der Waals surface area contributed by atoms with E-state index in [0.29, 0.717) is 0 Å². The molecule has 0 aliphatic carbocycles. The molecule has 14 heteroatoms. The molecule has 0 saturated heterocycles. The van der Waals surface area contributed by atoms with Crippen LogP contribution in [0.2, 0.25) is 0 Å². The van der Waals surface area contributed by atoms with Gasteiger partial charge in [0.1, 0.15) is 0 Å². The highest BCUT2D eigenvalue weighted by Crippen LogP contribution is 2.26. The summed E-state index contributed by atoms with van der Waals surface area (Å²) in [4.78, 5) is 66.2. The fourth-order valence-corrected chi connectivity index (χ4v) is 1.78. The summed E-state index contributed by atoms with van der Waals surface area (Å²) >= 11 is 0. The van der Waals surface area contributed by atoms with Crippen molar-refractivity contribution in [2.45, 2.75) is 36.6 Å². The van der Waals surface area contributed by atoms with Gasteiger partial charge in [0.2, 0.25) is 11.2 Å². The molecule has 0 spiro atoms. The molecule has 0 bridgehead atoms. The lowest BCUT2D eigenvalue weighted by atomic mass is 9.91. The Morgan fingerprint density at radius 1 is 0.731 bits per heavy atom. The van der Waals surface area contributed by atoms with Gasteiger partial charge in [0.15, 0.2) is 6.10 Å². The number of aliphatic carboxylic acids is 5. The van der Waals surface area contributed by atoms with Crippen LogP contribution in [0.15, 0.2) is 0 Å². The summed E-state index contributed by atoms with van der Waals surface area (Å²) in [6, 6.07) is 0. The van der Waals surface area contributed by atoms with Crippen molar-refractivity contribution in [3.63, 3.8) is 0 Å². The molecule has 0 aromatic carbocycles. The Balaban J connectivity index is 5.88. The van der Waals surface area contributed by atoms with E-state index in [0.717, 1.165) is 0 Å². The second kappa shape index (κ2) is 8.21. The normalized spacial score (nSPS) is 14.5. The van der Waals surface area contributed by atoms with Crippen LogP contribution in [-0.4, -0.2) is 88.9 Å². The number of carbonyl (C=O) groups is 6. The molecule has 0 fully saturated rings. The van der Waals surface area contributed by atoms with E-state index in [1.807, 2.05) is 0 Å². The number of carboxylic acid groups (broad SMARTS) is 5. The average Bonchev–Trinajstić information content (AvgIpc) is 2.43. The van der Waals surface area contributed by atoms with Crippen molar-refractivity contribution in [3.8, 4) is 0 Å². The van der Waals surface area contributed by atoms with Crippen molar-refractivity contribution < 1.29 is 69.2 Å². The topological polar surface area (TPSA) is 253 Å². The van der Waals surface area contributed by atoms with Crippen molar-refractivity contribution in [1.29, 1.82) is 0 Å². The molecular formula is C12H14O14. The minimum Gasteiger partial charge on any atom is -0.481 e. The number of carboxylic acids is 5. The van der Waals surface area contributed by atoms with Crippen LogP contribution < -0.4 is 0 Å². The standard InChI is InChI=1S/C12H14O14/c13-4(14)1-11(9(21)22,2-5(15)16)26-8(20)7(19)12(25,10(23)24)3-6(17)18/h7,19,25H,1-3H2,(H,13,14)(H,15,16)(H,17,18)(H,21,22)(H,23,24). The molecule has 0 aromatic heterocycles. The largest absolute Gasteiger partial charge is 0.481 e. The highest BCUT2D eigenvalue weighted by atomic mass is 16.6. The van der Waals surface area contributed by atoms with Gasteiger partial charge in [0, 0.05) is 0 Å². The average molecular weight is 382 g/mol. The molecule has 146 valence electrons. The Bertz CT molecular complexity index is 620. The molecule has 2 atom stereocenters. The molecule has 0 amide bonds. The zero-order valence-electron chi connectivity index (χ0n) is 12.7. The summed E-state index contributed by atoms with van der Waals surface area (Å²) in [7, 11) is 0. The first-order valence-electron chi connectivity index (χ1n) is 6.43. The number of aliphatic hydroxyl groups is 2. The van der Waals surface area contributed by atoms with Crippen LogP contribution in [0.25, 0.3) is 0 Å². The Labute approximate surface area is 142 Å². The Kier molecular flexibility index (Phi) is 7.18. The van der Waals surface area contributed by atoms with E-state index in [1.165, 1.54) is 0 Å². The van der Waals surface area contributed by atoms with E-state index in [-0.39, 0.29) is 0 Å². The van der Waals surface area contributed by atoms with Gasteiger partial charge in [-0.15, -0.1) is 0 Å². The van der Waals surface area contributed by atoms with Crippen molar-refractivity contribution in [2.24, 2.45) is 0 Å². The van der Waals surface area contributed by atoms with Gasteiger partial charge in [-0.1, -0.05) is 0 Å². The summed E-state index contributed by atoms with van der Waals surface area (Å²) in [5, 5.41) is 63.1. The van der Waals surface area contributed by atoms with Crippen LogP contribution in [0.3, 0.4) is 0 Å². The summed E-state index contributed by atoms with van der Waals surface area (Å²) in [6.07, 6.45) is -8.05. The monoisotopic (exact) mass is 382 g/mol. The fourth-order valence-electron chi connectivity index (χ4n) is 1.78. The Morgan fingerprint density at radius 3 is 1.38 bits per heavy atom. The number of aliphatic hydroxyl groups excluding tert-OH is 1. The zero-order chi connectivity index (χ0) is 20.9. The second-order valence-electron chi connectivity index (χ2n) is 5.06. The first-order chi connectivity index (χ1) is 11.7. The Hall–Kier alpha value is -3.26. The molecule has 0 saturated carbocycles. The van der Waals surface area contributed by atoms with Gasteiger partial charge in [-0.25, -0.2) is 14.4 Å². The minimum atomic E-state index is -3.65. The lowest BCUT2D eigenvalue weighted by molar-refractivity contribution is -0.205. The van der Waals surface area contributed by atoms with E-state index >= 15 is 0 Å². The van der Waals surface area contributed by atoms with Crippen LogP contribution in [0, 0.1) is 0 Å². The maximum Gasteiger partial charge on any atom is 0.349 e. The smallest absolute Gasteiger partial charge is 0.349 e. The summed E-state index contributed by atoms with van der Waals surface area (Å²) in [6.45, 7) is 0. The molecule has 2 unspecified atom stereocenters. The van der Waals surface area contributed by atoms with E-state index < -0.39 is 72.4 Å². The van der Waals surface area contributed by atoms with Gasteiger partial charge in [-0.05, 0) is 0 Å². The molecule has 7 N–H and O–H groups in total. The van der Waals surface area contributed by atoms with E-state index in [4.69, 9.17) is 25.5 Å². The second-order valence-corrected chi connectivity index (χ2v) is 5.06. The fraction of sp³-hybridized carbons (Fsp3) is 0.500. The van der Waals surface area contributed by atoms with E-state index in [1.54, 1.807) is 0 Å². The minimum absolute atomic E-state index is 1.59. The molecule has 26 heavy (non-hydrogen) atoms. The number of hydrogen-bond acceptors (Lipinski definition) is 9. The lowest BCUT2D eigenvalue weighted by Gasteiger charge is -2.31. The molecule has 0 aliphatic rings. The molecule has 0 aliphatic heterocycles. The van der Waals surface area contributed by atoms with Crippen molar-refractivity contribution in [1.82, 2.24) is 0 Å². The number of carbonyl (C=O) groups excluding carboxylic acids is 1. The number of ether oxygens (including phenoxy) is 1. The maximum atomic E-state index is 11.8. The van der Waals surface area contributed by atoms with Crippen LogP contribution in [-0.2, 0) is 33.5 Å². The molecule has 0 rings (SSSR count). The number of esters is 1. The van der Waals surface area contributed by atoms with Gasteiger partial charge >= 0.3 is 35.8 Å². The third-order valence-electron chi connectivity index (χ3n) is 3.03. The van der Waals surface area contributed by atoms with Gasteiger partial charge < -0.3 is 40.5 Å². The maximum absolute atomic E-state index is 11.8. The Morgan fingerprint density at radius 2 is 1.12 bits per heavy atom. The number of rotatable bonds is 11. The highest BCUT2D eigenvalue weighted by molar-refractivity contribution is 5.94. The van der Waals surface area contributed by atoms with Crippen LogP contribution >= 0.6 is 0 Å². The van der Waals surface area contributed by atoms with Crippen molar-refractivity contribution in [3.05, 3.63) is 0 Å². The molecule has 14 nitrogen and oxygen atoms in total. The predicted molar refractivity (Wildman–Crippen MR) is 71.8 cm³/mol. The molecule has 0 radical (unpaired) electrons. The third-order valence-corrected chi connectivity index (χ3v) is 3.03. The predicted octanol–water partition coefficient (Wildman–Crippen LogP) is -3.05. The zero-order valence-corrected chi connectivity index (χ0v) is 12.7. The first-order valence-corrected chi connectivity index (χ1v) is 6.43. The van der Waals surface area contributed by atoms with Crippen molar-refractivity contribution >= 4 is 35.8 Å². The van der Waals surface area contributed by atoms with E-state index in [2.05, 4.69) is 4.74 Å². The van der Waals surface area contributed by atoms with Gasteiger partial charge in [-0.2, -0.15) is 0 Å². The van der Waals surface area contributed by atoms with E-state index in [9.17, 15) is 39.0 Å². The third kappa shape index (κ3) is 5.38. The molecule has 0 aromatic rings. The summed E-state index contributed by atoms with van der Waals surface area (Å²) in [5.41, 5.74) is -6.90. The summed E-state index contributed by atoms with van der Waals surface area (Å²) < 4.78 is 4.19. The lowest BCUT2D eigenvalue weighted by Crippen LogP contribution is -2.57. The molecule has 0 heterocycles. The van der Waals surface area contributed by atoms with Crippen LogP contribution in [0.4, 0.5) is 0 Å². The van der Waals surface area contributed by atoms with Crippen LogP contribution in [0.5, 0.6) is 0 Å². The molecular weight excluding hydrogens is 368 g/mol. The van der Waals surface area contributed by atoms with Gasteiger partial charge in [-0.3, -0.25) is 14.4 Å². The quantitative estimate of drug-likeness (QED) is 0.175. The van der Waals surface area contributed by atoms with Gasteiger partial charge in [0.25, 0.3) is 0 Å². The van der Waals surface area contributed by atoms with Crippen molar-refractivity contribution in [2.75, 3.05) is 0 Å².